The highest BCUT2D eigenvalue weighted by atomic mass is 35.5. The smallest absolute Gasteiger partial charge is 0.120 e. The molecule has 0 aliphatic heterocycles. The van der Waals surface area contributed by atoms with Gasteiger partial charge in [-0.1, -0.05) is 17.7 Å². The summed E-state index contributed by atoms with van der Waals surface area (Å²) in [6.45, 7) is 2.21. The van der Waals surface area contributed by atoms with Crippen molar-refractivity contribution in [3.8, 4) is 5.75 Å². The zero-order chi connectivity index (χ0) is 13.4. The average molecular weight is 274 g/mol. The standard InChI is InChI=1S/C13H20ClNO3/c1-18-12-4-3-11(13(14)9-12)10-15(6-8-17)5-2-7-16/h3-4,9,16-17H,2,5-8,10H2,1H3. The van der Waals surface area contributed by atoms with Crippen LogP contribution in [0.4, 0.5) is 0 Å². The van der Waals surface area contributed by atoms with E-state index in [2.05, 4.69) is 4.90 Å². The quantitative estimate of drug-likeness (QED) is 0.754. The van der Waals surface area contributed by atoms with Crippen molar-refractivity contribution >= 4 is 11.6 Å². The first-order valence-corrected chi connectivity index (χ1v) is 6.35. The van der Waals surface area contributed by atoms with Crippen LogP contribution in [0.15, 0.2) is 18.2 Å². The molecular weight excluding hydrogens is 254 g/mol. The van der Waals surface area contributed by atoms with Gasteiger partial charge in [0.05, 0.1) is 13.7 Å². The normalized spacial score (nSPS) is 10.9. The Bertz CT molecular complexity index is 360. The van der Waals surface area contributed by atoms with E-state index in [0.717, 1.165) is 17.9 Å². The molecule has 0 atom stereocenters. The molecule has 0 bridgehead atoms. The van der Waals surface area contributed by atoms with Crippen LogP contribution in [0, 0.1) is 0 Å². The van der Waals surface area contributed by atoms with Crippen LogP contribution in [0.3, 0.4) is 0 Å². The average Bonchev–Trinajstić information content (AvgIpc) is 2.38. The van der Waals surface area contributed by atoms with Crippen LogP contribution < -0.4 is 4.74 Å². The van der Waals surface area contributed by atoms with Gasteiger partial charge < -0.3 is 14.9 Å². The van der Waals surface area contributed by atoms with Crippen molar-refractivity contribution in [1.82, 2.24) is 4.90 Å². The lowest BCUT2D eigenvalue weighted by molar-refractivity contribution is 0.174. The first-order chi connectivity index (χ1) is 8.71. The molecule has 0 spiro atoms. The third-order valence-electron chi connectivity index (χ3n) is 2.70. The Hall–Kier alpha value is -0.810. The van der Waals surface area contributed by atoms with Gasteiger partial charge in [0.1, 0.15) is 5.75 Å². The molecule has 0 saturated carbocycles. The Morgan fingerprint density at radius 3 is 2.56 bits per heavy atom. The van der Waals surface area contributed by atoms with E-state index in [1.54, 1.807) is 13.2 Å². The largest absolute Gasteiger partial charge is 0.497 e. The molecule has 2 N–H and O–H groups in total. The second-order valence-electron chi connectivity index (χ2n) is 4.03. The fraction of sp³-hybridized carbons (Fsp3) is 0.538. The summed E-state index contributed by atoms with van der Waals surface area (Å²) < 4.78 is 5.10. The predicted octanol–water partition coefficient (Wildman–Crippen LogP) is 1.53. The van der Waals surface area contributed by atoms with Gasteiger partial charge in [-0.25, -0.2) is 0 Å². The lowest BCUT2D eigenvalue weighted by Crippen LogP contribution is -2.28. The molecule has 0 heterocycles. The number of ether oxygens (including phenoxy) is 1. The van der Waals surface area contributed by atoms with Gasteiger partial charge in [0, 0.05) is 31.3 Å². The molecule has 0 saturated heterocycles. The topological polar surface area (TPSA) is 52.9 Å². The van der Waals surface area contributed by atoms with E-state index in [9.17, 15) is 0 Å². The Balaban J connectivity index is 2.67. The number of aliphatic hydroxyl groups excluding tert-OH is 2. The number of hydrogen-bond donors (Lipinski definition) is 2. The van der Waals surface area contributed by atoms with Crippen LogP contribution in [-0.2, 0) is 6.54 Å². The van der Waals surface area contributed by atoms with Gasteiger partial charge in [0.15, 0.2) is 0 Å². The summed E-state index contributed by atoms with van der Waals surface area (Å²) in [7, 11) is 1.60. The lowest BCUT2D eigenvalue weighted by atomic mass is 10.2. The van der Waals surface area contributed by atoms with Crippen molar-refractivity contribution in [3.05, 3.63) is 28.8 Å². The highest BCUT2D eigenvalue weighted by Gasteiger charge is 2.08. The minimum Gasteiger partial charge on any atom is -0.497 e. The maximum Gasteiger partial charge on any atom is 0.120 e. The van der Waals surface area contributed by atoms with Gasteiger partial charge in [0.25, 0.3) is 0 Å². The van der Waals surface area contributed by atoms with Gasteiger partial charge in [-0.2, -0.15) is 0 Å². The number of hydrogen-bond acceptors (Lipinski definition) is 4. The minimum atomic E-state index is 0.0964. The van der Waals surface area contributed by atoms with E-state index in [1.165, 1.54) is 0 Å². The zero-order valence-corrected chi connectivity index (χ0v) is 11.4. The van der Waals surface area contributed by atoms with E-state index < -0.39 is 0 Å². The van der Waals surface area contributed by atoms with Gasteiger partial charge in [-0.3, -0.25) is 4.90 Å². The van der Waals surface area contributed by atoms with E-state index in [0.29, 0.717) is 24.5 Å². The van der Waals surface area contributed by atoms with E-state index >= 15 is 0 Å². The second-order valence-corrected chi connectivity index (χ2v) is 4.44. The van der Waals surface area contributed by atoms with Crippen molar-refractivity contribution in [1.29, 1.82) is 0 Å². The molecule has 0 aliphatic rings. The monoisotopic (exact) mass is 273 g/mol. The molecule has 0 radical (unpaired) electrons. The van der Waals surface area contributed by atoms with Crippen LogP contribution in [-0.4, -0.2) is 48.5 Å². The first kappa shape index (κ1) is 15.2. The summed E-state index contributed by atoms with van der Waals surface area (Å²) in [5.41, 5.74) is 0.990. The Morgan fingerprint density at radius 1 is 1.22 bits per heavy atom. The number of rotatable bonds is 8. The van der Waals surface area contributed by atoms with Crippen molar-refractivity contribution in [2.24, 2.45) is 0 Å². The molecule has 1 aromatic carbocycles. The van der Waals surface area contributed by atoms with Crippen molar-refractivity contribution < 1.29 is 14.9 Å². The van der Waals surface area contributed by atoms with Crippen LogP contribution in [0.5, 0.6) is 5.75 Å². The van der Waals surface area contributed by atoms with Gasteiger partial charge >= 0.3 is 0 Å². The molecule has 18 heavy (non-hydrogen) atoms. The van der Waals surface area contributed by atoms with Crippen LogP contribution in [0.2, 0.25) is 5.02 Å². The third-order valence-corrected chi connectivity index (χ3v) is 3.05. The minimum absolute atomic E-state index is 0.0964. The molecule has 0 amide bonds. The predicted molar refractivity (Wildman–Crippen MR) is 72.1 cm³/mol. The Morgan fingerprint density at radius 2 is 2.00 bits per heavy atom. The summed E-state index contributed by atoms with van der Waals surface area (Å²) in [6, 6.07) is 5.56. The summed E-state index contributed by atoms with van der Waals surface area (Å²) in [4.78, 5) is 2.06. The van der Waals surface area contributed by atoms with Crippen LogP contribution >= 0.6 is 11.6 Å². The molecule has 102 valence electrons. The molecule has 1 rings (SSSR count). The lowest BCUT2D eigenvalue weighted by Gasteiger charge is -2.21. The summed E-state index contributed by atoms with van der Waals surface area (Å²) in [5.74, 6) is 0.729. The summed E-state index contributed by atoms with van der Waals surface area (Å²) in [5, 5.41) is 18.5. The first-order valence-electron chi connectivity index (χ1n) is 5.97. The number of aliphatic hydroxyl groups is 2. The number of halogens is 1. The molecule has 0 aliphatic carbocycles. The van der Waals surface area contributed by atoms with Crippen molar-refractivity contribution in [2.45, 2.75) is 13.0 Å². The van der Waals surface area contributed by atoms with Gasteiger partial charge in [-0.05, 0) is 24.1 Å². The molecule has 0 unspecified atom stereocenters. The van der Waals surface area contributed by atoms with Crippen molar-refractivity contribution in [3.63, 3.8) is 0 Å². The maximum absolute atomic E-state index is 9.01. The molecule has 0 fully saturated rings. The maximum atomic E-state index is 9.01. The highest BCUT2D eigenvalue weighted by molar-refractivity contribution is 6.31. The van der Waals surface area contributed by atoms with E-state index in [4.69, 9.17) is 26.6 Å². The highest BCUT2D eigenvalue weighted by Crippen LogP contribution is 2.23. The fourth-order valence-electron chi connectivity index (χ4n) is 1.73. The number of methoxy groups -OCH3 is 1. The summed E-state index contributed by atoms with van der Waals surface area (Å²) in [6.07, 6.45) is 0.688. The molecule has 0 aromatic heterocycles. The van der Waals surface area contributed by atoms with Gasteiger partial charge in [0.2, 0.25) is 0 Å². The van der Waals surface area contributed by atoms with E-state index in [-0.39, 0.29) is 13.2 Å². The second kappa shape index (κ2) is 8.32. The molecule has 1 aromatic rings. The molecule has 4 nitrogen and oxygen atoms in total. The van der Waals surface area contributed by atoms with E-state index in [1.807, 2.05) is 12.1 Å². The number of benzene rings is 1. The Labute approximate surface area is 113 Å². The van der Waals surface area contributed by atoms with Crippen LogP contribution in [0.25, 0.3) is 0 Å². The molecular formula is C13H20ClNO3. The third kappa shape index (κ3) is 4.82. The zero-order valence-electron chi connectivity index (χ0n) is 10.6. The SMILES string of the molecule is COc1ccc(CN(CCO)CCCO)c(Cl)c1. The van der Waals surface area contributed by atoms with Crippen LogP contribution in [0.1, 0.15) is 12.0 Å². The van der Waals surface area contributed by atoms with Gasteiger partial charge in [-0.15, -0.1) is 0 Å². The fourth-order valence-corrected chi connectivity index (χ4v) is 1.96. The summed E-state index contributed by atoms with van der Waals surface area (Å²) >= 11 is 6.17. The molecule has 5 heteroatoms. The number of nitrogens with zero attached hydrogens (tertiary/aromatic N) is 1. The Kier molecular flexibility index (Phi) is 7.05. The van der Waals surface area contributed by atoms with Crippen molar-refractivity contribution in [2.75, 3.05) is 33.4 Å².